The van der Waals surface area contributed by atoms with Crippen molar-refractivity contribution in [3.8, 4) is 5.69 Å². The average Bonchev–Trinajstić information content (AvgIpc) is 3.34. The van der Waals surface area contributed by atoms with Crippen LogP contribution in [0, 0.1) is 0 Å². The Kier molecular flexibility index (Phi) is 4.23. The van der Waals surface area contributed by atoms with Crippen molar-refractivity contribution in [3.63, 3.8) is 0 Å². The fraction of sp³-hybridized carbons (Fsp3) is 0.150. The number of imidazole rings is 1. The number of amides is 2. The first-order valence-electron chi connectivity index (χ1n) is 8.51. The summed E-state index contributed by atoms with van der Waals surface area (Å²) in [7, 11) is 0. The Morgan fingerprint density at radius 1 is 1.08 bits per heavy atom. The molecule has 3 aromatic rings. The fourth-order valence-corrected chi connectivity index (χ4v) is 3.07. The lowest BCUT2D eigenvalue weighted by Crippen LogP contribution is -2.24. The van der Waals surface area contributed by atoms with Crippen molar-refractivity contribution in [3.05, 3.63) is 72.8 Å². The van der Waals surface area contributed by atoms with Gasteiger partial charge in [0.05, 0.1) is 6.33 Å². The standard InChI is InChI=1S/C20H18N4O2/c25-19-5-2-11-24(19)18-4-1-3-15(13-18)20(26)22-16-6-8-17(9-7-16)23-12-10-21-14-23/h1,3-4,6-10,12-14H,2,5,11H2,(H,22,26). The van der Waals surface area contributed by atoms with Crippen LogP contribution in [0.1, 0.15) is 23.2 Å². The number of rotatable bonds is 4. The molecule has 1 N–H and O–H groups in total. The summed E-state index contributed by atoms with van der Waals surface area (Å²) >= 11 is 0. The van der Waals surface area contributed by atoms with E-state index in [1.165, 1.54) is 0 Å². The van der Waals surface area contributed by atoms with E-state index in [-0.39, 0.29) is 11.8 Å². The molecule has 26 heavy (non-hydrogen) atoms. The maximum absolute atomic E-state index is 12.5. The molecule has 1 aromatic heterocycles. The molecule has 2 amide bonds. The molecule has 0 bridgehead atoms. The van der Waals surface area contributed by atoms with E-state index in [2.05, 4.69) is 10.3 Å². The highest BCUT2D eigenvalue weighted by Gasteiger charge is 2.22. The molecule has 1 aliphatic rings. The first-order valence-corrected chi connectivity index (χ1v) is 8.51. The monoisotopic (exact) mass is 346 g/mol. The van der Waals surface area contributed by atoms with Gasteiger partial charge in [-0.1, -0.05) is 6.07 Å². The number of nitrogens with zero attached hydrogens (tertiary/aromatic N) is 3. The zero-order chi connectivity index (χ0) is 17.9. The second kappa shape index (κ2) is 6.84. The van der Waals surface area contributed by atoms with Crippen molar-refractivity contribution < 1.29 is 9.59 Å². The Morgan fingerprint density at radius 3 is 2.62 bits per heavy atom. The van der Waals surface area contributed by atoms with Crippen LogP contribution in [0.15, 0.2) is 67.3 Å². The van der Waals surface area contributed by atoms with Gasteiger partial charge in [-0.3, -0.25) is 9.59 Å². The number of hydrogen-bond acceptors (Lipinski definition) is 3. The minimum Gasteiger partial charge on any atom is -0.322 e. The highest BCUT2D eigenvalue weighted by atomic mass is 16.2. The van der Waals surface area contributed by atoms with Crippen LogP contribution in [0.4, 0.5) is 11.4 Å². The van der Waals surface area contributed by atoms with Gasteiger partial charge in [-0.15, -0.1) is 0 Å². The van der Waals surface area contributed by atoms with Gasteiger partial charge in [0.25, 0.3) is 5.91 Å². The Labute approximate surface area is 151 Å². The van der Waals surface area contributed by atoms with Crippen molar-refractivity contribution in [1.29, 1.82) is 0 Å². The summed E-state index contributed by atoms with van der Waals surface area (Å²) in [6.45, 7) is 0.708. The summed E-state index contributed by atoms with van der Waals surface area (Å²) in [6, 6.07) is 14.7. The lowest BCUT2D eigenvalue weighted by molar-refractivity contribution is -0.117. The van der Waals surface area contributed by atoms with Gasteiger partial charge in [-0.25, -0.2) is 4.98 Å². The largest absolute Gasteiger partial charge is 0.322 e. The van der Waals surface area contributed by atoms with Crippen LogP contribution in [0.25, 0.3) is 5.69 Å². The second-order valence-corrected chi connectivity index (χ2v) is 6.17. The van der Waals surface area contributed by atoms with Gasteiger partial charge in [0.15, 0.2) is 0 Å². The van der Waals surface area contributed by atoms with E-state index < -0.39 is 0 Å². The molecule has 6 heteroatoms. The van der Waals surface area contributed by atoms with Crippen molar-refractivity contribution >= 4 is 23.2 Å². The molecule has 0 atom stereocenters. The van der Waals surface area contributed by atoms with Crippen LogP contribution < -0.4 is 10.2 Å². The smallest absolute Gasteiger partial charge is 0.255 e. The van der Waals surface area contributed by atoms with Gasteiger partial charge in [0.2, 0.25) is 5.91 Å². The van der Waals surface area contributed by atoms with Crippen molar-refractivity contribution in [2.75, 3.05) is 16.8 Å². The molecular weight excluding hydrogens is 328 g/mol. The Bertz CT molecular complexity index is 933. The quantitative estimate of drug-likeness (QED) is 0.788. The van der Waals surface area contributed by atoms with Gasteiger partial charge in [0.1, 0.15) is 0 Å². The highest BCUT2D eigenvalue weighted by molar-refractivity contribution is 6.05. The number of anilines is 2. The molecule has 6 nitrogen and oxygen atoms in total. The third kappa shape index (κ3) is 3.21. The highest BCUT2D eigenvalue weighted by Crippen LogP contribution is 2.23. The average molecular weight is 346 g/mol. The van der Waals surface area contributed by atoms with Gasteiger partial charge in [0, 0.05) is 48.0 Å². The molecule has 4 rings (SSSR count). The van der Waals surface area contributed by atoms with Crippen LogP contribution >= 0.6 is 0 Å². The van der Waals surface area contributed by atoms with Crippen molar-refractivity contribution in [2.45, 2.75) is 12.8 Å². The normalized spacial score (nSPS) is 13.8. The van der Waals surface area contributed by atoms with E-state index in [9.17, 15) is 9.59 Å². The van der Waals surface area contributed by atoms with Crippen LogP contribution in [0.5, 0.6) is 0 Å². The maximum Gasteiger partial charge on any atom is 0.255 e. The minimum absolute atomic E-state index is 0.109. The number of carbonyl (C=O) groups is 2. The molecular formula is C20H18N4O2. The lowest BCUT2D eigenvalue weighted by atomic mass is 10.1. The van der Waals surface area contributed by atoms with Gasteiger partial charge < -0.3 is 14.8 Å². The van der Waals surface area contributed by atoms with Crippen LogP contribution in [-0.4, -0.2) is 27.9 Å². The summed E-state index contributed by atoms with van der Waals surface area (Å²) in [6.07, 6.45) is 6.73. The number of carbonyl (C=O) groups excluding carboxylic acids is 2. The summed E-state index contributed by atoms with van der Waals surface area (Å²) < 4.78 is 1.89. The lowest BCUT2D eigenvalue weighted by Gasteiger charge is -2.16. The van der Waals surface area contributed by atoms with E-state index in [1.54, 1.807) is 35.6 Å². The summed E-state index contributed by atoms with van der Waals surface area (Å²) in [5, 5.41) is 2.89. The van der Waals surface area contributed by atoms with E-state index in [1.807, 2.05) is 41.1 Å². The first-order chi connectivity index (χ1) is 12.7. The third-order valence-corrected chi connectivity index (χ3v) is 4.42. The Hall–Kier alpha value is -3.41. The first kappa shape index (κ1) is 16.1. The van der Waals surface area contributed by atoms with Crippen LogP contribution in [0.2, 0.25) is 0 Å². The summed E-state index contributed by atoms with van der Waals surface area (Å²) in [5.74, 6) is -0.0912. The predicted octanol–water partition coefficient (Wildman–Crippen LogP) is 3.25. The number of aromatic nitrogens is 2. The molecule has 0 radical (unpaired) electrons. The summed E-state index contributed by atoms with van der Waals surface area (Å²) in [4.78, 5) is 30.2. The van der Waals surface area contributed by atoms with Crippen LogP contribution in [0.3, 0.4) is 0 Å². The molecule has 1 fully saturated rings. The topological polar surface area (TPSA) is 67.2 Å². The van der Waals surface area contributed by atoms with Gasteiger partial charge >= 0.3 is 0 Å². The zero-order valence-corrected chi connectivity index (χ0v) is 14.1. The van der Waals surface area contributed by atoms with E-state index in [0.717, 1.165) is 17.8 Å². The number of hydrogen-bond donors (Lipinski definition) is 1. The molecule has 0 saturated carbocycles. The van der Waals surface area contributed by atoms with E-state index >= 15 is 0 Å². The second-order valence-electron chi connectivity index (χ2n) is 6.17. The maximum atomic E-state index is 12.5. The zero-order valence-electron chi connectivity index (χ0n) is 14.1. The molecule has 1 aliphatic heterocycles. The van der Waals surface area contributed by atoms with Gasteiger partial charge in [-0.2, -0.15) is 0 Å². The molecule has 130 valence electrons. The van der Waals surface area contributed by atoms with Crippen LogP contribution in [-0.2, 0) is 4.79 Å². The molecule has 0 aliphatic carbocycles. The van der Waals surface area contributed by atoms with E-state index in [0.29, 0.717) is 24.2 Å². The summed E-state index contributed by atoms with van der Waals surface area (Å²) in [5.41, 5.74) is 2.98. The Morgan fingerprint density at radius 2 is 1.92 bits per heavy atom. The molecule has 2 heterocycles. The predicted molar refractivity (Wildman–Crippen MR) is 99.5 cm³/mol. The fourth-order valence-electron chi connectivity index (χ4n) is 3.07. The number of benzene rings is 2. The van der Waals surface area contributed by atoms with Crippen molar-refractivity contribution in [1.82, 2.24) is 9.55 Å². The molecule has 1 saturated heterocycles. The molecule has 0 spiro atoms. The SMILES string of the molecule is O=C(Nc1ccc(-n2ccnc2)cc1)c1cccc(N2CCCC2=O)c1. The third-order valence-electron chi connectivity index (χ3n) is 4.42. The van der Waals surface area contributed by atoms with Crippen molar-refractivity contribution in [2.24, 2.45) is 0 Å². The molecule has 0 unspecified atom stereocenters. The number of nitrogens with one attached hydrogen (secondary N) is 1. The minimum atomic E-state index is -0.200. The Balaban J connectivity index is 1.49. The van der Waals surface area contributed by atoms with E-state index in [4.69, 9.17) is 0 Å². The molecule has 2 aromatic carbocycles. The van der Waals surface area contributed by atoms with Gasteiger partial charge in [-0.05, 0) is 48.9 Å².